The van der Waals surface area contributed by atoms with Gasteiger partial charge in [0.25, 0.3) is 5.56 Å². The van der Waals surface area contributed by atoms with Crippen molar-refractivity contribution in [2.75, 3.05) is 0 Å². The smallest absolute Gasteiger partial charge is 0.258 e. The summed E-state index contributed by atoms with van der Waals surface area (Å²) in [6.45, 7) is 0.280. The number of nitrogens with zero attached hydrogens (tertiary/aromatic N) is 5. The van der Waals surface area contributed by atoms with Crippen LogP contribution in [-0.2, 0) is 6.54 Å². The number of hydrogen-bond donors (Lipinski definition) is 0. The van der Waals surface area contributed by atoms with E-state index in [2.05, 4.69) is 31.2 Å². The summed E-state index contributed by atoms with van der Waals surface area (Å²) in [5, 5.41) is 7.44. The summed E-state index contributed by atoms with van der Waals surface area (Å²) in [5.41, 5.74) is 1.17. The largest absolute Gasteiger partial charge is 0.296 e. The molecule has 3 aromatic rings. The number of rotatable bonds is 3. The Bertz CT molecular complexity index is 854. The summed E-state index contributed by atoms with van der Waals surface area (Å²) in [4.78, 5) is 26.9. The van der Waals surface area contributed by atoms with Gasteiger partial charge in [-0.2, -0.15) is 0 Å². The predicted octanol–water partition coefficient (Wildman–Crippen LogP) is 0.909. The standard InChI is InChI=1S/C12H8BrN5O2/c13-8-1-2-11-14-9(3-12(20)18(11)4-8)5-17-6-10(7-19)15-16-17/h1-4,6-7H,5H2. The number of carbonyl (C=O) groups is 1. The van der Waals surface area contributed by atoms with Gasteiger partial charge in [-0.1, -0.05) is 5.21 Å². The highest BCUT2D eigenvalue weighted by molar-refractivity contribution is 9.10. The van der Waals surface area contributed by atoms with Gasteiger partial charge >= 0.3 is 0 Å². The fourth-order valence-corrected chi connectivity index (χ4v) is 2.15. The molecular formula is C12H8BrN5O2. The zero-order valence-corrected chi connectivity index (χ0v) is 11.7. The molecule has 0 atom stereocenters. The molecule has 3 heterocycles. The van der Waals surface area contributed by atoms with E-state index in [1.165, 1.54) is 21.3 Å². The fourth-order valence-electron chi connectivity index (χ4n) is 1.82. The Hall–Kier alpha value is -2.35. The zero-order valence-electron chi connectivity index (χ0n) is 10.1. The molecule has 0 amide bonds. The van der Waals surface area contributed by atoms with Gasteiger partial charge in [-0.3, -0.25) is 14.0 Å². The first-order valence-corrected chi connectivity index (χ1v) is 6.48. The number of hydrogen-bond acceptors (Lipinski definition) is 5. The van der Waals surface area contributed by atoms with E-state index in [4.69, 9.17) is 0 Å². The van der Waals surface area contributed by atoms with E-state index in [-0.39, 0.29) is 17.8 Å². The van der Waals surface area contributed by atoms with Gasteiger partial charge in [0, 0.05) is 16.7 Å². The molecule has 20 heavy (non-hydrogen) atoms. The maximum Gasteiger partial charge on any atom is 0.258 e. The Morgan fingerprint density at radius 2 is 2.15 bits per heavy atom. The quantitative estimate of drug-likeness (QED) is 0.665. The molecule has 0 unspecified atom stereocenters. The highest BCUT2D eigenvalue weighted by atomic mass is 79.9. The van der Waals surface area contributed by atoms with E-state index in [0.717, 1.165) is 4.47 Å². The molecule has 0 aliphatic rings. The third-order valence-corrected chi connectivity index (χ3v) is 3.15. The molecule has 0 N–H and O–H groups in total. The second kappa shape index (κ2) is 4.97. The van der Waals surface area contributed by atoms with Crippen molar-refractivity contribution in [3.05, 3.63) is 56.8 Å². The number of halogens is 1. The Morgan fingerprint density at radius 3 is 2.90 bits per heavy atom. The van der Waals surface area contributed by atoms with Crippen LogP contribution in [0.15, 0.2) is 39.9 Å². The van der Waals surface area contributed by atoms with Crippen LogP contribution in [0.25, 0.3) is 5.65 Å². The maximum absolute atomic E-state index is 12.0. The lowest BCUT2D eigenvalue weighted by molar-refractivity contribution is 0.111. The van der Waals surface area contributed by atoms with Crippen LogP contribution in [0.2, 0.25) is 0 Å². The van der Waals surface area contributed by atoms with Crippen molar-refractivity contribution in [3.8, 4) is 0 Å². The van der Waals surface area contributed by atoms with Crippen LogP contribution in [0.4, 0.5) is 0 Å². The molecule has 3 rings (SSSR count). The molecule has 0 aliphatic heterocycles. The Morgan fingerprint density at radius 1 is 1.30 bits per heavy atom. The van der Waals surface area contributed by atoms with Crippen LogP contribution in [0.5, 0.6) is 0 Å². The van der Waals surface area contributed by atoms with Gasteiger partial charge in [-0.05, 0) is 28.1 Å². The highest BCUT2D eigenvalue weighted by Gasteiger charge is 2.05. The first-order chi connectivity index (χ1) is 9.65. The normalized spacial score (nSPS) is 10.8. The lowest BCUT2D eigenvalue weighted by Gasteiger charge is -2.04. The van der Waals surface area contributed by atoms with Gasteiger partial charge in [-0.15, -0.1) is 5.10 Å². The van der Waals surface area contributed by atoms with E-state index < -0.39 is 0 Å². The van der Waals surface area contributed by atoms with Crippen molar-refractivity contribution in [1.29, 1.82) is 0 Å². The van der Waals surface area contributed by atoms with Crippen LogP contribution >= 0.6 is 15.9 Å². The molecule has 7 nitrogen and oxygen atoms in total. The minimum absolute atomic E-state index is 0.179. The average Bonchev–Trinajstić information content (AvgIpc) is 2.87. The van der Waals surface area contributed by atoms with Crippen molar-refractivity contribution >= 4 is 27.9 Å². The number of carbonyl (C=O) groups excluding carboxylic acids is 1. The van der Waals surface area contributed by atoms with Crippen LogP contribution in [0.3, 0.4) is 0 Å². The first kappa shape index (κ1) is 12.7. The number of aromatic nitrogens is 5. The molecule has 3 aromatic heterocycles. The van der Waals surface area contributed by atoms with Gasteiger partial charge in [0.15, 0.2) is 6.29 Å². The third kappa shape index (κ3) is 2.37. The predicted molar refractivity (Wildman–Crippen MR) is 73.7 cm³/mol. The van der Waals surface area contributed by atoms with Crippen molar-refractivity contribution in [3.63, 3.8) is 0 Å². The summed E-state index contributed by atoms with van der Waals surface area (Å²) in [6, 6.07) is 4.99. The van der Waals surface area contributed by atoms with Crippen LogP contribution in [0.1, 0.15) is 16.2 Å². The van der Waals surface area contributed by atoms with Crippen molar-refractivity contribution in [2.45, 2.75) is 6.54 Å². The van der Waals surface area contributed by atoms with Crippen LogP contribution in [-0.4, -0.2) is 30.7 Å². The lowest BCUT2D eigenvalue weighted by Crippen LogP contribution is -2.16. The van der Waals surface area contributed by atoms with E-state index in [1.807, 2.05) is 6.07 Å². The van der Waals surface area contributed by atoms with Crippen molar-refractivity contribution in [2.24, 2.45) is 0 Å². The molecule has 8 heteroatoms. The maximum atomic E-state index is 12.0. The molecule has 0 spiro atoms. The van der Waals surface area contributed by atoms with Crippen LogP contribution in [0, 0.1) is 0 Å². The van der Waals surface area contributed by atoms with Crippen molar-refractivity contribution < 1.29 is 4.79 Å². The van der Waals surface area contributed by atoms with Gasteiger partial charge < -0.3 is 0 Å². The summed E-state index contributed by atoms with van der Waals surface area (Å²) in [5.74, 6) is 0. The second-order valence-corrected chi connectivity index (χ2v) is 5.04. The number of aldehydes is 1. The zero-order chi connectivity index (χ0) is 14.1. The first-order valence-electron chi connectivity index (χ1n) is 5.69. The molecule has 0 fully saturated rings. The average molecular weight is 334 g/mol. The SMILES string of the molecule is O=Cc1cn(Cc2cc(=O)n3cc(Br)ccc3n2)nn1. The lowest BCUT2D eigenvalue weighted by atomic mass is 10.3. The summed E-state index contributed by atoms with van der Waals surface area (Å²) in [6.07, 6.45) is 3.77. The van der Waals surface area contributed by atoms with Crippen LogP contribution < -0.4 is 5.56 Å². The van der Waals surface area contributed by atoms with E-state index in [1.54, 1.807) is 12.3 Å². The molecule has 0 radical (unpaired) electrons. The number of pyridine rings is 1. The minimum atomic E-state index is -0.179. The summed E-state index contributed by atoms with van der Waals surface area (Å²) < 4.78 is 3.71. The third-order valence-electron chi connectivity index (χ3n) is 2.68. The molecule has 0 aliphatic carbocycles. The minimum Gasteiger partial charge on any atom is -0.296 e. The molecule has 0 bridgehead atoms. The summed E-state index contributed by atoms with van der Waals surface area (Å²) in [7, 11) is 0. The van der Waals surface area contributed by atoms with Gasteiger partial charge in [-0.25, -0.2) is 9.67 Å². The Kier molecular flexibility index (Phi) is 3.15. The molecule has 0 aromatic carbocycles. The van der Waals surface area contributed by atoms with E-state index in [0.29, 0.717) is 17.6 Å². The van der Waals surface area contributed by atoms with E-state index >= 15 is 0 Å². The van der Waals surface area contributed by atoms with Gasteiger partial charge in [0.05, 0.1) is 18.4 Å². The van der Waals surface area contributed by atoms with Gasteiger partial charge in [0.2, 0.25) is 0 Å². The Labute approximate surface area is 121 Å². The van der Waals surface area contributed by atoms with Gasteiger partial charge in [0.1, 0.15) is 11.3 Å². The highest BCUT2D eigenvalue weighted by Crippen LogP contribution is 2.09. The van der Waals surface area contributed by atoms with Crippen molar-refractivity contribution in [1.82, 2.24) is 24.4 Å². The monoisotopic (exact) mass is 333 g/mol. The van der Waals surface area contributed by atoms with E-state index in [9.17, 15) is 9.59 Å². The molecule has 0 saturated carbocycles. The number of fused-ring (bicyclic) bond motifs is 1. The molecule has 100 valence electrons. The topological polar surface area (TPSA) is 82.2 Å². The Balaban J connectivity index is 2.02. The molecular weight excluding hydrogens is 326 g/mol. The fraction of sp³-hybridized carbons (Fsp3) is 0.0833. The molecule has 0 saturated heterocycles. The summed E-state index contributed by atoms with van der Waals surface area (Å²) >= 11 is 3.31. The second-order valence-electron chi connectivity index (χ2n) is 4.12.